The number of nitrogens with zero attached hydrogens (tertiary/aromatic N) is 2. The van der Waals surface area contributed by atoms with Crippen molar-refractivity contribution in [2.45, 2.75) is 26.7 Å². The molecule has 5 heteroatoms. The molecule has 4 nitrogen and oxygen atoms in total. The Hall–Kier alpha value is -2.17. The molecule has 0 saturated heterocycles. The van der Waals surface area contributed by atoms with Crippen LogP contribution in [0.25, 0.3) is 0 Å². The average molecular weight is 274 g/mol. The van der Waals surface area contributed by atoms with Crippen molar-refractivity contribution in [3.8, 4) is 0 Å². The summed E-state index contributed by atoms with van der Waals surface area (Å²) in [6, 6.07) is 6.35. The zero-order valence-corrected chi connectivity index (χ0v) is 11.8. The molecule has 0 spiro atoms. The van der Waals surface area contributed by atoms with Gasteiger partial charge in [-0.25, -0.2) is 14.4 Å². The molecule has 20 heavy (non-hydrogen) atoms. The highest BCUT2D eigenvalue weighted by atomic mass is 19.1. The number of hydrogen-bond acceptors (Lipinski definition) is 4. The number of nitrogens with one attached hydrogen (secondary N) is 2. The number of anilines is 3. The van der Waals surface area contributed by atoms with E-state index >= 15 is 0 Å². The summed E-state index contributed by atoms with van der Waals surface area (Å²) in [4.78, 5) is 8.55. The lowest BCUT2D eigenvalue weighted by Gasteiger charge is -2.14. The number of aromatic nitrogens is 2. The molecule has 0 aliphatic carbocycles. The predicted molar refractivity (Wildman–Crippen MR) is 79.9 cm³/mol. The van der Waals surface area contributed by atoms with E-state index in [0.29, 0.717) is 5.69 Å². The Labute approximate surface area is 118 Å². The molecule has 1 aromatic carbocycles. The Balaban J connectivity index is 2.32. The summed E-state index contributed by atoms with van der Waals surface area (Å²) in [7, 11) is 0. The molecule has 0 radical (unpaired) electrons. The maximum Gasteiger partial charge on any atom is 0.139 e. The molecule has 2 N–H and O–H groups in total. The molecule has 0 atom stereocenters. The molecule has 0 unspecified atom stereocenters. The molecule has 1 heterocycles. The van der Waals surface area contributed by atoms with Gasteiger partial charge in [0.2, 0.25) is 0 Å². The minimum Gasteiger partial charge on any atom is -0.370 e. The first-order chi connectivity index (χ1) is 9.74. The third-order valence-corrected chi connectivity index (χ3v) is 2.88. The van der Waals surface area contributed by atoms with Crippen LogP contribution >= 0.6 is 0 Å². The number of halogens is 1. The molecule has 0 fully saturated rings. The topological polar surface area (TPSA) is 49.8 Å². The van der Waals surface area contributed by atoms with Crippen molar-refractivity contribution < 1.29 is 4.39 Å². The second kappa shape index (κ2) is 6.84. The number of rotatable bonds is 6. The highest BCUT2D eigenvalue weighted by molar-refractivity contribution is 5.64. The third kappa shape index (κ3) is 3.44. The maximum atomic E-state index is 13.2. The Morgan fingerprint density at radius 1 is 1.15 bits per heavy atom. The predicted octanol–water partition coefficient (Wildman–Crippen LogP) is 3.74. The van der Waals surface area contributed by atoms with E-state index < -0.39 is 0 Å². The zero-order chi connectivity index (χ0) is 14.4. The van der Waals surface area contributed by atoms with Crippen LogP contribution in [0.15, 0.2) is 30.6 Å². The summed E-state index contributed by atoms with van der Waals surface area (Å²) in [5.74, 6) is 1.29. The summed E-state index contributed by atoms with van der Waals surface area (Å²) in [6.45, 7) is 4.93. The zero-order valence-electron chi connectivity index (χ0n) is 11.8. The van der Waals surface area contributed by atoms with Crippen LogP contribution in [0.4, 0.5) is 21.7 Å². The molecule has 1 aromatic heterocycles. The van der Waals surface area contributed by atoms with Crippen LogP contribution in [0.5, 0.6) is 0 Å². The van der Waals surface area contributed by atoms with E-state index in [-0.39, 0.29) is 5.82 Å². The van der Waals surface area contributed by atoms with E-state index in [1.807, 2.05) is 13.0 Å². The first kappa shape index (κ1) is 14.2. The van der Waals surface area contributed by atoms with E-state index in [1.54, 1.807) is 6.07 Å². The Morgan fingerprint density at radius 2 is 1.95 bits per heavy atom. The summed E-state index contributed by atoms with van der Waals surface area (Å²) in [6.07, 6.45) is 3.36. The molecule has 0 aliphatic rings. The van der Waals surface area contributed by atoms with E-state index in [9.17, 15) is 4.39 Å². The normalized spacial score (nSPS) is 10.3. The third-order valence-electron chi connectivity index (χ3n) is 2.88. The first-order valence-corrected chi connectivity index (χ1v) is 6.85. The van der Waals surface area contributed by atoms with Crippen molar-refractivity contribution in [1.29, 1.82) is 0 Å². The van der Waals surface area contributed by atoms with Crippen molar-refractivity contribution in [3.05, 3.63) is 42.0 Å². The highest BCUT2D eigenvalue weighted by Gasteiger charge is 2.10. The minimum absolute atomic E-state index is 0.270. The van der Waals surface area contributed by atoms with Gasteiger partial charge >= 0.3 is 0 Å². The van der Waals surface area contributed by atoms with Gasteiger partial charge in [0.15, 0.2) is 0 Å². The van der Waals surface area contributed by atoms with Crippen LogP contribution in [0.3, 0.4) is 0 Å². The van der Waals surface area contributed by atoms with E-state index in [1.165, 1.54) is 18.5 Å². The molecule has 2 aromatic rings. The van der Waals surface area contributed by atoms with Crippen LogP contribution < -0.4 is 10.6 Å². The first-order valence-electron chi connectivity index (χ1n) is 6.85. The van der Waals surface area contributed by atoms with Crippen molar-refractivity contribution in [2.75, 3.05) is 17.2 Å². The lowest BCUT2D eigenvalue weighted by atomic mass is 10.1. The molecular formula is C15H19FN4. The van der Waals surface area contributed by atoms with Gasteiger partial charge in [-0.3, -0.25) is 0 Å². The second-order valence-corrected chi connectivity index (χ2v) is 4.47. The van der Waals surface area contributed by atoms with Gasteiger partial charge in [-0.2, -0.15) is 0 Å². The molecule has 2 rings (SSSR count). The van der Waals surface area contributed by atoms with Crippen LogP contribution in [0.1, 0.15) is 25.8 Å². The van der Waals surface area contributed by atoms with Gasteiger partial charge in [0.05, 0.1) is 0 Å². The van der Waals surface area contributed by atoms with Crippen molar-refractivity contribution in [3.63, 3.8) is 0 Å². The molecule has 0 amide bonds. The number of benzene rings is 1. The molecule has 0 saturated carbocycles. The summed E-state index contributed by atoms with van der Waals surface area (Å²) in [5.41, 5.74) is 1.71. The highest BCUT2D eigenvalue weighted by Crippen LogP contribution is 2.25. The van der Waals surface area contributed by atoms with Gasteiger partial charge in [0.1, 0.15) is 23.8 Å². The van der Waals surface area contributed by atoms with Crippen LogP contribution in [0.2, 0.25) is 0 Å². The fourth-order valence-corrected chi connectivity index (χ4v) is 2.03. The summed E-state index contributed by atoms with van der Waals surface area (Å²) >= 11 is 0. The van der Waals surface area contributed by atoms with Gasteiger partial charge in [0.25, 0.3) is 0 Å². The van der Waals surface area contributed by atoms with E-state index in [2.05, 4.69) is 27.5 Å². The van der Waals surface area contributed by atoms with Gasteiger partial charge in [-0.1, -0.05) is 19.4 Å². The summed E-state index contributed by atoms with van der Waals surface area (Å²) < 4.78 is 13.2. The molecule has 0 bridgehead atoms. The van der Waals surface area contributed by atoms with Gasteiger partial charge in [-0.15, -0.1) is 0 Å². The molecular weight excluding hydrogens is 255 g/mol. The number of hydrogen-bond donors (Lipinski definition) is 2. The monoisotopic (exact) mass is 274 g/mol. The van der Waals surface area contributed by atoms with Crippen LogP contribution in [-0.2, 0) is 6.42 Å². The van der Waals surface area contributed by atoms with Crippen LogP contribution in [0, 0.1) is 5.82 Å². The standard InChI is InChI=1S/C15H19FN4/c1-3-6-13-14(17-4-2)18-10-19-15(13)20-12-8-5-7-11(16)9-12/h5,7-10H,3-4,6H2,1-2H3,(H2,17,18,19,20). The van der Waals surface area contributed by atoms with Crippen LogP contribution in [-0.4, -0.2) is 16.5 Å². The average Bonchev–Trinajstić information content (AvgIpc) is 2.43. The van der Waals surface area contributed by atoms with Crippen molar-refractivity contribution in [1.82, 2.24) is 9.97 Å². The lowest BCUT2D eigenvalue weighted by molar-refractivity contribution is 0.628. The van der Waals surface area contributed by atoms with Gasteiger partial charge < -0.3 is 10.6 Å². The smallest absolute Gasteiger partial charge is 0.139 e. The Bertz CT molecular complexity index is 572. The van der Waals surface area contributed by atoms with Crippen molar-refractivity contribution >= 4 is 17.3 Å². The molecule has 106 valence electrons. The van der Waals surface area contributed by atoms with Gasteiger partial charge in [0, 0.05) is 17.8 Å². The fourth-order valence-electron chi connectivity index (χ4n) is 2.03. The quantitative estimate of drug-likeness (QED) is 0.842. The molecule has 0 aliphatic heterocycles. The fraction of sp³-hybridized carbons (Fsp3) is 0.333. The van der Waals surface area contributed by atoms with E-state index in [0.717, 1.165) is 36.6 Å². The Kier molecular flexibility index (Phi) is 4.87. The van der Waals surface area contributed by atoms with E-state index in [4.69, 9.17) is 0 Å². The maximum absolute atomic E-state index is 13.2. The lowest BCUT2D eigenvalue weighted by Crippen LogP contribution is -2.08. The SMILES string of the molecule is CCCc1c(NCC)ncnc1Nc1cccc(F)c1. The largest absolute Gasteiger partial charge is 0.370 e. The van der Waals surface area contributed by atoms with Crippen molar-refractivity contribution in [2.24, 2.45) is 0 Å². The minimum atomic E-state index is -0.270. The van der Waals surface area contributed by atoms with Gasteiger partial charge in [-0.05, 0) is 31.5 Å². The second-order valence-electron chi connectivity index (χ2n) is 4.47. The Morgan fingerprint density at radius 3 is 2.65 bits per heavy atom. The summed E-state index contributed by atoms with van der Waals surface area (Å²) in [5, 5.41) is 6.40.